The number of ether oxygens (including phenoxy) is 1. The average molecular weight is 404 g/mol. The zero-order valence-corrected chi connectivity index (χ0v) is 16.0. The summed E-state index contributed by atoms with van der Waals surface area (Å²) >= 11 is 0. The van der Waals surface area contributed by atoms with Crippen LogP contribution in [-0.4, -0.2) is 35.9 Å². The Morgan fingerprint density at radius 1 is 0.767 bits per heavy atom. The highest BCUT2D eigenvalue weighted by Crippen LogP contribution is 2.24. The van der Waals surface area contributed by atoms with Gasteiger partial charge in [0.05, 0.1) is 0 Å². The summed E-state index contributed by atoms with van der Waals surface area (Å²) in [5, 5.41) is 0. The summed E-state index contributed by atoms with van der Waals surface area (Å²) < 4.78 is 5.25. The minimum absolute atomic E-state index is 0.310. The van der Waals surface area contributed by atoms with Gasteiger partial charge in [-0.2, -0.15) is 0 Å². The van der Waals surface area contributed by atoms with Gasteiger partial charge in [0.15, 0.2) is 0 Å². The molecule has 3 rings (SSSR count). The number of hydrogen-bond acceptors (Lipinski definition) is 5. The van der Waals surface area contributed by atoms with Gasteiger partial charge in [-0.25, -0.2) is 0 Å². The Bertz CT molecular complexity index is 942. The lowest BCUT2D eigenvalue weighted by molar-refractivity contribution is -0.129. The molecule has 0 saturated heterocycles. The van der Waals surface area contributed by atoms with E-state index in [1.54, 1.807) is 0 Å². The summed E-state index contributed by atoms with van der Waals surface area (Å²) in [5.74, 6) is -1.40. The molecule has 0 radical (unpaired) electrons. The molecule has 0 unspecified atom stereocenters. The Hall–Kier alpha value is -4.04. The van der Waals surface area contributed by atoms with Crippen molar-refractivity contribution in [1.82, 2.24) is 15.8 Å². The summed E-state index contributed by atoms with van der Waals surface area (Å²) in [5.41, 5.74) is 6.23. The first kappa shape index (κ1) is 20.7. The number of benzene rings is 2. The number of carbonyl (C=O) groups excluding carboxylic acids is 3. The second kappa shape index (κ2) is 10.5. The third-order valence-electron chi connectivity index (χ3n) is 3.99. The molecule has 152 valence electrons. The van der Waals surface area contributed by atoms with Gasteiger partial charge in [0.1, 0.15) is 13.2 Å². The molecule has 2 aromatic carbocycles. The molecule has 3 aromatic rings. The molecule has 3 amide bonds. The zero-order chi connectivity index (χ0) is 21.2. The van der Waals surface area contributed by atoms with Gasteiger partial charge in [0.25, 0.3) is 17.7 Å². The number of nitrogens with one attached hydrogen (secondary N) is 2. The van der Waals surface area contributed by atoms with Crippen LogP contribution in [0.4, 0.5) is 11.4 Å². The summed E-state index contributed by atoms with van der Waals surface area (Å²) in [6, 6.07) is 21.3. The molecule has 8 heteroatoms. The van der Waals surface area contributed by atoms with Gasteiger partial charge < -0.3 is 4.74 Å². The van der Waals surface area contributed by atoms with Crippen molar-refractivity contribution in [2.24, 2.45) is 0 Å². The fraction of sp³-hybridized carbons (Fsp3) is 0.0909. The number of hydrazine groups is 1. The van der Waals surface area contributed by atoms with Crippen molar-refractivity contribution >= 4 is 29.1 Å². The Labute approximate surface area is 173 Å². The summed E-state index contributed by atoms with van der Waals surface area (Å²) in [4.78, 5) is 41.9. The number of aromatic nitrogens is 1. The monoisotopic (exact) mass is 404 g/mol. The lowest BCUT2D eigenvalue weighted by Crippen LogP contribution is -2.43. The molecule has 1 aromatic heterocycles. The largest absolute Gasteiger partial charge is 0.362 e. The highest BCUT2D eigenvalue weighted by molar-refractivity contribution is 6.01. The summed E-state index contributed by atoms with van der Waals surface area (Å²) in [6.07, 6.45) is 2.94. The average Bonchev–Trinajstić information content (AvgIpc) is 2.79. The van der Waals surface area contributed by atoms with Crippen LogP contribution in [0.2, 0.25) is 0 Å². The first-order valence-corrected chi connectivity index (χ1v) is 9.15. The smallest absolute Gasteiger partial charge is 0.269 e. The van der Waals surface area contributed by atoms with Gasteiger partial charge in [-0.15, -0.1) is 0 Å². The van der Waals surface area contributed by atoms with Gasteiger partial charge in [0, 0.05) is 29.3 Å². The highest BCUT2D eigenvalue weighted by Gasteiger charge is 2.18. The van der Waals surface area contributed by atoms with E-state index < -0.39 is 11.8 Å². The Balaban J connectivity index is 1.52. The highest BCUT2D eigenvalue weighted by atomic mass is 16.5. The minimum atomic E-state index is -0.587. The van der Waals surface area contributed by atoms with Crippen molar-refractivity contribution in [3.8, 4) is 0 Å². The van der Waals surface area contributed by atoms with Crippen molar-refractivity contribution < 1.29 is 19.1 Å². The lowest BCUT2D eigenvalue weighted by atomic mass is 10.2. The van der Waals surface area contributed by atoms with E-state index >= 15 is 0 Å². The van der Waals surface area contributed by atoms with Gasteiger partial charge in [0.2, 0.25) is 0 Å². The standard InChI is InChI=1S/C22H20N4O4/c27-20(24-25-22(29)17-11-13-23-14-12-17)15-30-16-21(28)26(18-7-3-1-4-8-18)19-9-5-2-6-10-19/h1-14H,15-16H2,(H,24,27)(H,25,29). The number of nitrogens with zero attached hydrogens (tertiary/aromatic N) is 2. The zero-order valence-electron chi connectivity index (χ0n) is 16.0. The van der Waals surface area contributed by atoms with E-state index in [0.717, 1.165) is 0 Å². The molecule has 0 spiro atoms. The van der Waals surface area contributed by atoms with E-state index in [2.05, 4.69) is 15.8 Å². The molecule has 2 N–H and O–H groups in total. The second-order valence-corrected chi connectivity index (χ2v) is 6.13. The van der Waals surface area contributed by atoms with Gasteiger partial charge in [-0.05, 0) is 36.4 Å². The van der Waals surface area contributed by atoms with Crippen LogP contribution >= 0.6 is 0 Å². The first-order valence-electron chi connectivity index (χ1n) is 9.15. The molecular formula is C22H20N4O4. The van der Waals surface area contributed by atoms with Crippen LogP contribution in [0, 0.1) is 0 Å². The molecule has 0 aliphatic heterocycles. The maximum atomic E-state index is 12.8. The number of para-hydroxylation sites is 2. The van der Waals surface area contributed by atoms with Crippen molar-refractivity contribution in [3.05, 3.63) is 90.8 Å². The van der Waals surface area contributed by atoms with Gasteiger partial charge in [-0.3, -0.25) is 35.1 Å². The first-order chi connectivity index (χ1) is 14.6. The predicted molar refractivity (Wildman–Crippen MR) is 111 cm³/mol. The van der Waals surface area contributed by atoms with E-state index in [1.165, 1.54) is 29.4 Å². The number of pyridine rings is 1. The second-order valence-electron chi connectivity index (χ2n) is 6.13. The van der Waals surface area contributed by atoms with Gasteiger partial charge in [-0.1, -0.05) is 36.4 Å². The molecule has 8 nitrogen and oxygen atoms in total. The summed E-state index contributed by atoms with van der Waals surface area (Å²) in [6.45, 7) is -0.699. The topological polar surface area (TPSA) is 101 Å². The Kier molecular flexibility index (Phi) is 7.23. The van der Waals surface area contributed by atoms with Crippen LogP contribution < -0.4 is 15.8 Å². The molecular weight excluding hydrogens is 384 g/mol. The van der Waals surface area contributed by atoms with E-state index in [9.17, 15) is 14.4 Å². The van der Waals surface area contributed by atoms with Crippen LogP contribution in [0.3, 0.4) is 0 Å². The minimum Gasteiger partial charge on any atom is -0.362 e. The van der Waals surface area contributed by atoms with E-state index in [-0.39, 0.29) is 19.1 Å². The van der Waals surface area contributed by atoms with E-state index in [4.69, 9.17) is 4.74 Å². The fourth-order valence-electron chi connectivity index (χ4n) is 2.62. The van der Waals surface area contributed by atoms with E-state index in [1.807, 2.05) is 60.7 Å². The third-order valence-corrected chi connectivity index (χ3v) is 3.99. The number of rotatable bonds is 7. The van der Waals surface area contributed by atoms with Crippen molar-refractivity contribution in [2.45, 2.75) is 0 Å². The Morgan fingerprint density at radius 3 is 1.90 bits per heavy atom. The van der Waals surface area contributed by atoms with E-state index in [0.29, 0.717) is 16.9 Å². The van der Waals surface area contributed by atoms with Crippen LogP contribution in [-0.2, 0) is 14.3 Å². The molecule has 0 aliphatic rings. The number of anilines is 2. The molecule has 0 fully saturated rings. The number of hydrogen-bond donors (Lipinski definition) is 2. The third kappa shape index (κ3) is 5.73. The SMILES string of the molecule is O=C(COCC(=O)N(c1ccccc1)c1ccccc1)NNC(=O)c1ccncc1. The number of carbonyl (C=O) groups is 3. The van der Waals surface area contributed by atoms with Crippen molar-refractivity contribution in [2.75, 3.05) is 18.1 Å². The van der Waals surface area contributed by atoms with Crippen LogP contribution in [0.5, 0.6) is 0 Å². The molecule has 1 heterocycles. The van der Waals surface area contributed by atoms with Crippen LogP contribution in [0.1, 0.15) is 10.4 Å². The molecule has 0 saturated carbocycles. The van der Waals surface area contributed by atoms with Gasteiger partial charge >= 0.3 is 0 Å². The van der Waals surface area contributed by atoms with Crippen molar-refractivity contribution in [3.63, 3.8) is 0 Å². The molecule has 0 bridgehead atoms. The molecule has 30 heavy (non-hydrogen) atoms. The molecule has 0 aliphatic carbocycles. The van der Waals surface area contributed by atoms with Crippen molar-refractivity contribution in [1.29, 1.82) is 0 Å². The quantitative estimate of drug-likeness (QED) is 0.588. The predicted octanol–water partition coefficient (Wildman–Crippen LogP) is 2.22. The normalized spacial score (nSPS) is 10.1. The summed E-state index contributed by atoms with van der Waals surface area (Å²) in [7, 11) is 0. The van der Waals surface area contributed by atoms with Crippen LogP contribution in [0.15, 0.2) is 85.2 Å². The maximum Gasteiger partial charge on any atom is 0.269 e. The lowest BCUT2D eigenvalue weighted by Gasteiger charge is -2.23. The fourth-order valence-corrected chi connectivity index (χ4v) is 2.62. The molecule has 0 atom stereocenters. The maximum absolute atomic E-state index is 12.8. The Morgan fingerprint density at radius 2 is 1.33 bits per heavy atom. The van der Waals surface area contributed by atoms with Crippen LogP contribution in [0.25, 0.3) is 0 Å². The number of amides is 3.